The van der Waals surface area contributed by atoms with Gasteiger partial charge in [-0.25, -0.2) is 9.37 Å². The van der Waals surface area contributed by atoms with Crippen LogP contribution >= 0.6 is 11.3 Å². The topological polar surface area (TPSA) is 75.2 Å². The molecule has 2 amide bonds. The minimum Gasteiger partial charge on any atom is -0.349 e. The van der Waals surface area contributed by atoms with Crippen molar-refractivity contribution in [2.75, 3.05) is 13.1 Å². The van der Waals surface area contributed by atoms with Gasteiger partial charge in [0.2, 0.25) is 0 Å². The minimum absolute atomic E-state index is 0.103. The molecule has 6 nitrogen and oxygen atoms in total. The molecule has 176 valence electrons. The average molecular weight is 487 g/mol. The highest BCUT2D eigenvalue weighted by atomic mass is 32.1. The number of rotatable bonds is 5. The van der Waals surface area contributed by atoms with Crippen LogP contribution in [0, 0.1) is 24.6 Å². The molecular formula is C27H23FN4O2S. The molecule has 0 unspecified atom stereocenters. The third-order valence-corrected chi connectivity index (χ3v) is 7.97. The molecule has 1 saturated heterocycles. The van der Waals surface area contributed by atoms with Crippen molar-refractivity contribution in [1.82, 2.24) is 20.2 Å². The zero-order valence-corrected chi connectivity index (χ0v) is 19.9. The van der Waals surface area contributed by atoms with Gasteiger partial charge in [0.1, 0.15) is 17.2 Å². The number of amides is 2. The normalized spacial score (nSPS) is 20.6. The molecule has 35 heavy (non-hydrogen) atoms. The first-order chi connectivity index (χ1) is 17.0. The number of piperidine rings is 1. The van der Waals surface area contributed by atoms with Crippen LogP contribution in [-0.4, -0.2) is 45.8 Å². The van der Waals surface area contributed by atoms with Crippen LogP contribution in [0.1, 0.15) is 32.4 Å². The number of halogens is 1. The quantitative estimate of drug-likeness (QED) is 0.444. The Morgan fingerprint density at radius 2 is 2.00 bits per heavy atom. The Hall–Kier alpha value is -3.65. The van der Waals surface area contributed by atoms with Crippen molar-refractivity contribution in [2.24, 2.45) is 11.8 Å². The number of hydrogen-bond acceptors (Lipinski definition) is 5. The zero-order valence-electron chi connectivity index (χ0n) is 19.1. The number of carbonyl (C=O) groups excluding carboxylic acids is 2. The van der Waals surface area contributed by atoms with E-state index < -0.39 is 0 Å². The monoisotopic (exact) mass is 486 g/mol. The fourth-order valence-electron chi connectivity index (χ4n) is 5.18. The van der Waals surface area contributed by atoms with Crippen molar-refractivity contribution in [3.8, 4) is 10.4 Å². The standard InChI is InChI=1S/C27H23FN4O2S/c1-15-31-24(25(35-15)17-6-4-7-19(28)11-17)27(34)32-14-18-12-21(18)22(32)13-30-26(33)23-20-8-3-2-5-16(20)9-10-29-23/h2-11,18,21-22H,12-14H2,1H3,(H,30,33)/t18-,21-,22-/m1/s1. The van der Waals surface area contributed by atoms with E-state index in [2.05, 4.69) is 15.3 Å². The number of nitrogens with one attached hydrogen (secondary N) is 1. The highest BCUT2D eigenvalue weighted by Crippen LogP contribution is 2.50. The summed E-state index contributed by atoms with van der Waals surface area (Å²) in [5.41, 5.74) is 1.39. The zero-order chi connectivity index (χ0) is 24.1. The highest BCUT2D eigenvalue weighted by Gasteiger charge is 2.54. The molecule has 4 aromatic rings. The predicted molar refractivity (Wildman–Crippen MR) is 133 cm³/mol. The van der Waals surface area contributed by atoms with Gasteiger partial charge in [-0.15, -0.1) is 11.3 Å². The van der Waals surface area contributed by atoms with Crippen LogP contribution in [0.5, 0.6) is 0 Å². The summed E-state index contributed by atoms with van der Waals surface area (Å²) in [6.45, 7) is 2.85. The molecule has 0 radical (unpaired) electrons. The summed E-state index contributed by atoms with van der Waals surface area (Å²) >= 11 is 1.39. The number of fused-ring (bicyclic) bond motifs is 2. The molecule has 6 rings (SSSR count). The summed E-state index contributed by atoms with van der Waals surface area (Å²) in [4.78, 5) is 38.0. The predicted octanol–water partition coefficient (Wildman–Crippen LogP) is 4.70. The van der Waals surface area contributed by atoms with E-state index in [-0.39, 0.29) is 23.7 Å². The second-order valence-corrected chi connectivity index (χ2v) is 10.4. The van der Waals surface area contributed by atoms with Gasteiger partial charge in [0.15, 0.2) is 0 Å². The van der Waals surface area contributed by atoms with Gasteiger partial charge in [0.05, 0.1) is 15.9 Å². The highest BCUT2D eigenvalue weighted by molar-refractivity contribution is 7.15. The molecule has 2 aromatic carbocycles. The van der Waals surface area contributed by atoms with Gasteiger partial charge in [0, 0.05) is 24.7 Å². The van der Waals surface area contributed by atoms with Crippen molar-refractivity contribution in [3.63, 3.8) is 0 Å². The van der Waals surface area contributed by atoms with Gasteiger partial charge in [-0.3, -0.25) is 14.6 Å². The van der Waals surface area contributed by atoms with Crippen LogP contribution < -0.4 is 5.32 Å². The Balaban J connectivity index is 1.23. The molecule has 2 fully saturated rings. The number of aryl methyl sites for hydroxylation is 1. The van der Waals surface area contributed by atoms with Crippen molar-refractivity contribution in [1.29, 1.82) is 0 Å². The Labute approximate surface area is 205 Å². The van der Waals surface area contributed by atoms with E-state index in [1.165, 1.54) is 23.5 Å². The third-order valence-electron chi connectivity index (χ3n) is 6.95. The van der Waals surface area contributed by atoms with Crippen LogP contribution in [0.3, 0.4) is 0 Å². The van der Waals surface area contributed by atoms with E-state index in [0.29, 0.717) is 46.8 Å². The first-order valence-corrected chi connectivity index (χ1v) is 12.5. The Bertz CT molecular complexity index is 1460. The molecule has 1 saturated carbocycles. The molecule has 8 heteroatoms. The SMILES string of the molecule is Cc1nc(C(=O)N2C[C@H]3C[C@H]3[C@H]2CNC(=O)c2nccc3ccccc23)c(-c2cccc(F)c2)s1. The third kappa shape index (κ3) is 3.97. The summed E-state index contributed by atoms with van der Waals surface area (Å²) in [6.07, 6.45) is 2.70. The van der Waals surface area contributed by atoms with Gasteiger partial charge in [-0.1, -0.05) is 36.4 Å². The first-order valence-electron chi connectivity index (χ1n) is 11.7. The maximum Gasteiger partial charge on any atom is 0.274 e. The van der Waals surface area contributed by atoms with E-state index in [4.69, 9.17) is 0 Å². The van der Waals surface area contributed by atoms with E-state index in [1.807, 2.05) is 42.2 Å². The number of hydrogen-bond donors (Lipinski definition) is 1. The molecule has 1 N–H and O–H groups in total. The number of aromatic nitrogens is 2. The van der Waals surface area contributed by atoms with Gasteiger partial charge in [-0.2, -0.15) is 0 Å². The van der Waals surface area contributed by atoms with E-state index in [1.54, 1.807) is 18.3 Å². The lowest BCUT2D eigenvalue weighted by molar-refractivity contribution is 0.0690. The summed E-state index contributed by atoms with van der Waals surface area (Å²) in [5.74, 6) is 0.0644. The second-order valence-electron chi connectivity index (χ2n) is 9.20. The molecule has 0 bridgehead atoms. The van der Waals surface area contributed by atoms with Gasteiger partial charge in [-0.05, 0) is 54.3 Å². The fourth-order valence-corrected chi connectivity index (χ4v) is 6.09. The van der Waals surface area contributed by atoms with Crippen molar-refractivity contribution in [2.45, 2.75) is 19.4 Å². The van der Waals surface area contributed by atoms with Crippen LogP contribution in [0.2, 0.25) is 0 Å². The molecule has 2 aromatic heterocycles. The maximum atomic E-state index is 13.9. The number of likely N-dealkylation sites (tertiary alicyclic amines) is 1. The second kappa shape index (κ2) is 8.53. The maximum absolute atomic E-state index is 13.9. The molecule has 0 spiro atoms. The first kappa shape index (κ1) is 21.9. The molecule has 1 aliphatic heterocycles. The smallest absolute Gasteiger partial charge is 0.274 e. The van der Waals surface area contributed by atoms with Crippen LogP contribution in [-0.2, 0) is 0 Å². The molecule has 1 aliphatic carbocycles. The van der Waals surface area contributed by atoms with Crippen LogP contribution in [0.4, 0.5) is 4.39 Å². The summed E-state index contributed by atoms with van der Waals surface area (Å²) in [7, 11) is 0. The van der Waals surface area contributed by atoms with Crippen LogP contribution in [0.15, 0.2) is 60.8 Å². The van der Waals surface area contributed by atoms with E-state index in [9.17, 15) is 14.0 Å². The largest absolute Gasteiger partial charge is 0.349 e. The van der Waals surface area contributed by atoms with Crippen molar-refractivity contribution < 1.29 is 14.0 Å². The van der Waals surface area contributed by atoms with Crippen molar-refractivity contribution in [3.05, 3.63) is 83.0 Å². The fraction of sp³-hybridized carbons (Fsp3) is 0.259. The number of pyridine rings is 1. The lowest BCUT2D eigenvalue weighted by Gasteiger charge is -2.27. The van der Waals surface area contributed by atoms with Crippen molar-refractivity contribution >= 4 is 33.9 Å². The van der Waals surface area contributed by atoms with E-state index >= 15 is 0 Å². The van der Waals surface area contributed by atoms with Gasteiger partial charge < -0.3 is 10.2 Å². The van der Waals surface area contributed by atoms with E-state index in [0.717, 1.165) is 22.2 Å². The Kier molecular flexibility index (Phi) is 5.33. The number of carbonyl (C=O) groups is 2. The Morgan fingerprint density at radius 3 is 2.86 bits per heavy atom. The number of nitrogens with zero attached hydrogens (tertiary/aromatic N) is 3. The molecular weight excluding hydrogens is 463 g/mol. The molecule has 3 heterocycles. The minimum atomic E-state index is -0.350. The van der Waals surface area contributed by atoms with Crippen LogP contribution in [0.25, 0.3) is 21.2 Å². The van der Waals surface area contributed by atoms with Gasteiger partial charge >= 0.3 is 0 Å². The summed E-state index contributed by atoms with van der Waals surface area (Å²) in [6, 6.07) is 15.7. The number of benzene rings is 2. The lowest BCUT2D eigenvalue weighted by Crippen LogP contribution is -2.46. The summed E-state index contributed by atoms with van der Waals surface area (Å²) in [5, 5.41) is 5.53. The lowest BCUT2D eigenvalue weighted by atomic mass is 10.1. The molecule has 3 atom stereocenters. The Morgan fingerprint density at radius 1 is 1.14 bits per heavy atom. The van der Waals surface area contributed by atoms with Gasteiger partial charge in [0.25, 0.3) is 11.8 Å². The summed E-state index contributed by atoms with van der Waals surface area (Å²) < 4.78 is 13.9. The average Bonchev–Trinajstić information content (AvgIpc) is 3.38. The molecule has 2 aliphatic rings. The number of thiazole rings is 1.